The first kappa shape index (κ1) is 16.2. The summed E-state index contributed by atoms with van der Waals surface area (Å²) < 4.78 is 13.4. The topological polar surface area (TPSA) is 73.0 Å². The second-order valence-electron chi connectivity index (χ2n) is 6.11. The van der Waals surface area contributed by atoms with E-state index in [-0.39, 0.29) is 0 Å². The molecule has 1 aliphatic rings. The van der Waals surface area contributed by atoms with E-state index in [1.165, 1.54) is 12.8 Å². The predicted molar refractivity (Wildman–Crippen MR) is 95.5 cm³/mol. The Kier molecular flexibility index (Phi) is 4.52. The van der Waals surface area contributed by atoms with Gasteiger partial charge in [0.1, 0.15) is 36.4 Å². The summed E-state index contributed by atoms with van der Waals surface area (Å²) in [5, 5.41) is 8.79. The van der Waals surface area contributed by atoms with Gasteiger partial charge in [0.15, 0.2) is 0 Å². The van der Waals surface area contributed by atoms with Crippen molar-refractivity contribution in [3.05, 3.63) is 66.4 Å². The summed E-state index contributed by atoms with van der Waals surface area (Å²) in [4.78, 5) is 8.88. The minimum Gasteiger partial charge on any atom is -0.490 e. The summed E-state index contributed by atoms with van der Waals surface area (Å²) in [6, 6.07) is 12.8. The van der Waals surface area contributed by atoms with Crippen molar-refractivity contribution in [3.8, 4) is 23.4 Å². The summed E-state index contributed by atoms with van der Waals surface area (Å²) in [5.41, 5.74) is 0.614. The van der Waals surface area contributed by atoms with Gasteiger partial charge in [0.05, 0.1) is 11.6 Å². The largest absolute Gasteiger partial charge is 0.490 e. The molecule has 1 saturated carbocycles. The normalized spacial score (nSPS) is 13.2. The third-order valence-electron chi connectivity index (χ3n) is 4.18. The lowest BCUT2D eigenvalue weighted by molar-refractivity contribution is 0.217. The Morgan fingerprint density at radius 3 is 2.50 bits per heavy atom. The van der Waals surface area contributed by atoms with Gasteiger partial charge in [0, 0.05) is 30.6 Å². The molecule has 4 rings (SSSR count). The Morgan fingerprint density at radius 2 is 1.77 bits per heavy atom. The summed E-state index contributed by atoms with van der Waals surface area (Å²) in [6.07, 6.45) is 7.88. The molecule has 0 N–H and O–H groups in total. The standard InChI is InChI=1S/C20H18N4O2/c21-14-15-1-5-17(6-2-15)25-11-12-26-18-7-8-22-19(13-18)24-10-9-23-20(24)16-3-4-16/h1-2,5-10,13,16H,3-4,11-12H2. The zero-order chi connectivity index (χ0) is 17.8. The van der Waals surface area contributed by atoms with Crippen LogP contribution in [0.4, 0.5) is 0 Å². The van der Waals surface area contributed by atoms with E-state index in [0.29, 0.717) is 24.7 Å². The Balaban J connectivity index is 1.34. The number of hydrogen-bond donors (Lipinski definition) is 0. The molecular weight excluding hydrogens is 328 g/mol. The van der Waals surface area contributed by atoms with E-state index >= 15 is 0 Å². The van der Waals surface area contributed by atoms with Gasteiger partial charge in [-0.15, -0.1) is 0 Å². The molecule has 6 heteroatoms. The molecule has 130 valence electrons. The van der Waals surface area contributed by atoms with Crippen molar-refractivity contribution < 1.29 is 9.47 Å². The minimum absolute atomic E-state index is 0.419. The van der Waals surface area contributed by atoms with E-state index < -0.39 is 0 Å². The number of benzene rings is 1. The molecule has 0 unspecified atom stereocenters. The zero-order valence-corrected chi connectivity index (χ0v) is 14.2. The maximum Gasteiger partial charge on any atom is 0.141 e. The van der Waals surface area contributed by atoms with Crippen molar-refractivity contribution in [3.63, 3.8) is 0 Å². The van der Waals surface area contributed by atoms with Gasteiger partial charge >= 0.3 is 0 Å². The first-order chi connectivity index (χ1) is 12.8. The zero-order valence-electron chi connectivity index (χ0n) is 14.2. The average molecular weight is 346 g/mol. The van der Waals surface area contributed by atoms with Crippen LogP contribution in [-0.4, -0.2) is 27.7 Å². The van der Waals surface area contributed by atoms with Gasteiger partial charge in [-0.25, -0.2) is 9.97 Å². The molecule has 1 aromatic carbocycles. The van der Waals surface area contributed by atoms with Crippen molar-refractivity contribution in [1.29, 1.82) is 5.26 Å². The molecule has 1 fully saturated rings. The summed E-state index contributed by atoms with van der Waals surface area (Å²) in [5.74, 6) is 3.90. The van der Waals surface area contributed by atoms with Gasteiger partial charge in [-0.05, 0) is 43.2 Å². The van der Waals surface area contributed by atoms with E-state index in [2.05, 4.69) is 16.0 Å². The monoisotopic (exact) mass is 346 g/mol. The van der Waals surface area contributed by atoms with Gasteiger partial charge < -0.3 is 9.47 Å². The van der Waals surface area contributed by atoms with Crippen LogP contribution in [0.3, 0.4) is 0 Å². The van der Waals surface area contributed by atoms with Crippen molar-refractivity contribution in [2.75, 3.05) is 13.2 Å². The summed E-state index contributed by atoms with van der Waals surface area (Å²) in [7, 11) is 0. The maximum absolute atomic E-state index is 8.79. The van der Waals surface area contributed by atoms with Crippen LogP contribution in [0.25, 0.3) is 5.82 Å². The summed E-state index contributed by atoms with van der Waals surface area (Å²) in [6.45, 7) is 0.838. The highest BCUT2D eigenvalue weighted by Crippen LogP contribution is 2.39. The van der Waals surface area contributed by atoms with Gasteiger partial charge in [0.2, 0.25) is 0 Å². The highest BCUT2D eigenvalue weighted by molar-refractivity contribution is 5.35. The summed E-state index contributed by atoms with van der Waals surface area (Å²) >= 11 is 0. The first-order valence-corrected chi connectivity index (χ1v) is 8.59. The fourth-order valence-corrected chi connectivity index (χ4v) is 2.72. The lowest BCUT2D eigenvalue weighted by atomic mass is 10.2. The molecule has 0 bridgehead atoms. The van der Waals surface area contributed by atoms with Crippen LogP contribution in [0.15, 0.2) is 55.0 Å². The Bertz CT molecular complexity index is 923. The maximum atomic E-state index is 8.79. The highest BCUT2D eigenvalue weighted by atomic mass is 16.5. The van der Waals surface area contributed by atoms with Gasteiger partial charge in [-0.3, -0.25) is 4.57 Å². The molecule has 26 heavy (non-hydrogen) atoms. The fourth-order valence-electron chi connectivity index (χ4n) is 2.72. The van der Waals surface area contributed by atoms with Crippen LogP contribution in [0.5, 0.6) is 11.5 Å². The van der Waals surface area contributed by atoms with Crippen molar-refractivity contribution in [2.45, 2.75) is 18.8 Å². The molecule has 2 aromatic heterocycles. The molecule has 0 radical (unpaired) electrons. The van der Waals surface area contributed by atoms with Crippen molar-refractivity contribution in [2.24, 2.45) is 0 Å². The number of ether oxygens (including phenoxy) is 2. The van der Waals surface area contributed by atoms with Crippen LogP contribution < -0.4 is 9.47 Å². The number of imidazole rings is 1. The molecule has 0 atom stereocenters. The Hall–Kier alpha value is -3.33. The highest BCUT2D eigenvalue weighted by Gasteiger charge is 2.28. The first-order valence-electron chi connectivity index (χ1n) is 8.59. The SMILES string of the molecule is N#Cc1ccc(OCCOc2ccnc(-n3ccnc3C3CC3)c2)cc1. The van der Waals surface area contributed by atoms with Crippen LogP contribution in [0, 0.1) is 11.3 Å². The number of rotatable bonds is 7. The molecule has 2 heterocycles. The van der Waals surface area contributed by atoms with Crippen molar-refractivity contribution in [1.82, 2.24) is 14.5 Å². The number of nitriles is 1. The quantitative estimate of drug-likeness (QED) is 0.613. The number of pyridine rings is 1. The lowest BCUT2D eigenvalue weighted by Crippen LogP contribution is -2.09. The molecule has 0 saturated heterocycles. The Labute approximate surface area is 151 Å². The third-order valence-corrected chi connectivity index (χ3v) is 4.18. The van der Waals surface area contributed by atoms with Crippen molar-refractivity contribution >= 4 is 0 Å². The van der Waals surface area contributed by atoms with E-state index in [9.17, 15) is 0 Å². The van der Waals surface area contributed by atoms with Crippen LogP contribution >= 0.6 is 0 Å². The smallest absolute Gasteiger partial charge is 0.141 e. The molecular formula is C20H18N4O2. The fraction of sp³-hybridized carbons (Fsp3) is 0.250. The van der Waals surface area contributed by atoms with Crippen LogP contribution in [0.1, 0.15) is 30.1 Å². The number of nitrogens with zero attached hydrogens (tertiary/aromatic N) is 4. The number of aromatic nitrogens is 3. The average Bonchev–Trinajstić information content (AvgIpc) is 3.42. The van der Waals surface area contributed by atoms with E-state index in [4.69, 9.17) is 14.7 Å². The molecule has 3 aromatic rings. The lowest BCUT2D eigenvalue weighted by Gasteiger charge is -2.10. The number of hydrogen-bond acceptors (Lipinski definition) is 5. The molecule has 6 nitrogen and oxygen atoms in total. The van der Waals surface area contributed by atoms with Gasteiger partial charge in [-0.1, -0.05) is 0 Å². The minimum atomic E-state index is 0.419. The van der Waals surface area contributed by atoms with Gasteiger partial charge in [-0.2, -0.15) is 5.26 Å². The van der Waals surface area contributed by atoms with Crippen LogP contribution in [-0.2, 0) is 0 Å². The molecule has 0 amide bonds. The van der Waals surface area contributed by atoms with Crippen LogP contribution in [0.2, 0.25) is 0 Å². The van der Waals surface area contributed by atoms with E-state index in [1.54, 1.807) is 30.5 Å². The molecule has 0 aliphatic heterocycles. The second-order valence-corrected chi connectivity index (χ2v) is 6.11. The predicted octanol–water partition coefficient (Wildman–Crippen LogP) is 3.47. The Morgan fingerprint density at radius 1 is 1.00 bits per heavy atom. The molecule has 0 spiro atoms. The van der Waals surface area contributed by atoms with E-state index in [0.717, 1.165) is 23.1 Å². The van der Waals surface area contributed by atoms with Gasteiger partial charge in [0.25, 0.3) is 0 Å². The van der Waals surface area contributed by atoms with E-state index in [1.807, 2.05) is 29.1 Å². The second kappa shape index (κ2) is 7.28. The molecule has 1 aliphatic carbocycles. The third kappa shape index (κ3) is 3.67.